The van der Waals surface area contributed by atoms with E-state index in [-0.39, 0.29) is 12.5 Å². The van der Waals surface area contributed by atoms with Crippen LogP contribution in [0.4, 0.5) is 5.69 Å². The van der Waals surface area contributed by atoms with Crippen LogP contribution < -0.4 is 4.31 Å². The first kappa shape index (κ1) is 17.2. The number of fused-ring (bicyclic) bond motifs is 1. The van der Waals surface area contributed by atoms with Crippen molar-refractivity contribution in [3.05, 3.63) is 29.8 Å². The Hall–Kier alpha value is -1.64. The van der Waals surface area contributed by atoms with Crippen molar-refractivity contribution in [2.75, 3.05) is 50.4 Å². The fourth-order valence-electron chi connectivity index (χ4n) is 3.17. The van der Waals surface area contributed by atoms with Crippen molar-refractivity contribution in [1.82, 2.24) is 9.80 Å². The fourth-order valence-corrected chi connectivity index (χ4v) is 4.12. The summed E-state index contributed by atoms with van der Waals surface area (Å²) in [4.78, 5) is 16.6. The Morgan fingerprint density at radius 3 is 2.67 bits per heavy atom. The van der Waals surface area contributed by atoms with Gasteiger partial charge in [-0.3, -0.25) is 9.10 Å². The third-order valence-electron chi connectivity index (χ3n) is 4.45. The number of morpholine rings is 1. The topological polar surface area (TPSA) is 70.2 Å². The highest BCUT2D eigenvalue weighted by Gasteiger charge is 2.32. The predicted molar refractivity (Wildman–Crippen MR) is 91.3 cm³/mol. The number of carbonyl (C=O) groups is 1. The van der Waals surface area contributed by atoms with Gasteiger partial charge in [0, 0.05) is 26.2 Å². The van der Waals surface area contributed by atoms with Gasteiger partial charge in [0.1, 0.15) is 6.10 Å². The van der Waals surface area contributed by atoms with Crippen molar-refractivity contribution in [2.24, 2.45) is 0 Å². The summed E-state index contributed by atoms with van der Waals surface area (Å²) < 4.78 is 31.2. The van der Waals surface area contributed by atoms with Crippen molar-refractivity contribution in [3.8, 4) is 0 Å². The number of nitrogens with zero attached hydrogens (tertiary/aromatic N) is 3. The number of hydrogen-bond donors (Lipinski definition) is 0. The van der Waals surface area contributed by atoms with Crippen LogP contribution in [0.25, 0.3) is 0 Å². The zero-order chi connectivity index (χ0) is 17.3. The van der Waals surface area contributed by atoms with E-state index in [0.29, 0.717) is 31.9 Å². The predicted octanol–water partition coefficient (Wildman–Crippen LogP) is 0.125. The first-order valence-corrected chi connectivity index (χ1v) is 9.85. The molecular formula is C16H23N3O4S. The van der Waals surface area contributed by atoms with Crippen LogP contribution in [-0.4, -0.2) is 76.3 Å². The van der Waals surface area contributed by atoms with Crippen molar-refractivity contribution in [1.29, 1.82) is 0 Å². The molecule has 2 heterocycles. The molecule has 1 aromatic rings. The summed E-state index contributed by atoms with van der Waals surface area (Å²) in [5, 5.41) is 0. The van der Waals surface area contributed by atoms with E-state index in [1.807, 2.05) is 25.2 Å². The molecule has 1 atom stereocenters. The van der Waals surface area contributed by atoms with Gasteiger partial charge in [-0.25, -0.2) is 8.42 Å². The van der Waals surface area contributed by atoms with Gasteiger partial charge in [-0.05, 0) is 18.7 Å². The number of anilines is 1. The molecule has 1 unspecified atom stereocenters. The molecule has 3 rings (SSSR count). The second-order valence-electron chi connectivity index (χ2n) is 6.35. The zero-order valence-corrected chi connectivity index (χ0v) is 14.8. The second-order valence-corrected chi connectivity index (χ2v) is 8.25. The molecule has 7 nitrogen and oxygen atoms in total. The van der Waals surface area contributed by atoms with Crippen LogP contribution >= 0.6 is 0 Å². The van der Waals surface area contributed by atoms with E-state index in [9.17, 15) is 13.2 Å². The molecule has 1 aromatic carbocycles. The van der Waals surface area contributed by atoms with E-state index < -0.39 is 16.1 Å². The third-order valence-corrected chi connectivity index (χ3v) is 5.63. The summed E-state index contributed by atoms with van der Waals surface area (Å²) in [5.74, 6) is -0.0771. The lowest BCUT2D eigenvalue weighted by Crippen LogP contribution is -2.50. The first-order chi connectivity index (χ1) is 11.4. The van der Waals surface area contributed by atoms with Crippen LogP contribution in [0.2, 0.25) is 0 Å². The lowest BCUT2D eigenvalue weighted by atomic mass is 10.1. The summed E-state index contributed by atoms with van der Waals surface area (Å²) in [6.45, 7) is 2.91. The molecule has 0 spiro atoms. The van der Waals surface area contributed by atoms with Gasteiger partial charge >= 0.3 is 0 Å². The maximum absolute atomic E-state index is 12.8. The molecule has 1 amide bonds. The number of likely N-dealkylation sites (N-methyl/N-ethyl adjacent to an activating group) is 1. The number of ether oxygens (including phenoxy) is 1. The highest BCUT2D eigenvalue weighted by molar-refractivity contribution is 7.92. The number of benzene rings is 1. The number of hydrogen-bond acceptors (Lipinski definition) is 5. The Kier molecular flexibility index (Phi) is 4.80. The molecule has 0 bridgehead atoms. The van der Waals surface area contributed by atoms with Gasteiger partial charge in [0.25, 0.3) is 5.91 Å². The molecule has 8 heteroatoms. The third kappa shape index (κ3) is 3.55. The number of carbonyl (C=O) groups excluding carboxylic acids is 1. The van der Waals surface area contributed by atoms with Gasteiger partial charge in [0.05, 0.1) is 25.1 Å². The van der Waals surface area contributed by atoms with Crippen LogP contribution in [0.15, 0.2) is 24.3 Å². The van der Waals surface area contributed by atoms with E-state index >= 15 is 0 Å². The maximum atomic E-state index is 12.8. The minimum atomic E-state index is -3.39. The number of para-hydroxylation sites is 1. The number of amides is 1. The quantitative estimate of drug-likeness (QED) is 0.756. The molecule has 1 saturated heterocycles. The smallest absolute Gasteiger partial charge is 0.253 e. The van der Waals surface area contributed by atoms with Gasteiger partial charge in [0.15, 0.2) is 0 Å². The Labute approximate surface area is 142 Å². The van der Waals surface area contributed by atoms with Gasteiger partial charge in [-0.1, -0.05) is 18.2 Å². The Morgan fingerprint density at radius 1 is 1.21 bits per heavy atom. The van der Waals surface area contributed by atoms with Gasteiger partial charge in [0.2, 0.25) is 10.0 Å². The van der Waals surface area contributed by atoms with Crippen molar-refractivity contribution >= 4 is 21.6 Å². The van der Waals surface area contributed by atoms with Gasteiger partial charge in [-0.15, -0.1) is 0 Å². The summed E-state index contributed by atoms with van der Waals surface area (Å²) in [6.07, 6.45) is 0.709. The Bertz CT molecular complexity index is 722. The summed E-state index contributed by atoms with van der Waals surface area (Å²) >= 11 is 0. The van der Waals surface area contributed by atoms with Gasteiger partial charge < -0.3 is 14.5 Å². The summed E-state index contributed by atoms with van der Waals surface area (Å²) in [7, 11) is -1.43. The molecule has 0 aliphatic carbocycles. The average molecular weight is 353 g/mol. The standard InChI is InChI=1S/C16H23N3O4S/c1-17-9-10-23-15(12-17)16(20)18-7-8-19(24(2,21)22)14-6-4-3-5-13(14)11-18/h3-6,15H,7-12H2,1-2H3. The normalized spacial score (nSPS) is 22.8. The lowest BCUT2D eigenvalue weighted by molar-refractivity contribution is -0.149. The van der Waals surface area contributed by atoms with E-state index in [4.69, 9.17) is 4.74 Å². The van der Waals surface area contributed by atoms with E-state index in [0.717, 1.165) is 12.1 Å². The zero-order valence-electron chi connectivity index (χ0n) is 14.0. The van der Waals surface area contributed by atoms with E-state index in [2.05, 4.69) is 4.90 Å². The van der Waals surface area contributed by atoms with E-state index in [1.165, 1.54) is 10.6 Å². The minimum absolute atomic E-state index is 0.0771. The molecular weight excluding hydrogens is 330 g/mol. The number of sulfonamides is 1. The molecule has 24 heavy (non-hydrogen) atoms. The highest BCUT2D eigenvalue weighted by Crippen LogP contribution is 2.27. The Balaban J connectivity index is 1.85. The fraction of sp³-hybridized carbons (Fsp3) is 0.562. The maximum Gasteiger partial charge on any atom is 0.253 e. The molecule has 132 valence electrons. The van der Waals surface area contributed by atoms with Crippen molar-refractivity contribution < 1.29 is 17.9 Å². The monoisotopic (exact) mass is 353 g/mol. The van der Waals surface area contributed by atoms with Crippen molar-refractivity contribution in [3.63, 3.8) is 0 Å². The first-order valence-electron chi connectivity index (χ1n) is 8.01. The molecule has 2 aliphatic heterocycles. The van der Waals surface area contributed by atoms with Crippen LogP contribution in [0, 0.1) is 0 Å². The molecule has 0 saturated carbocycles. The summed E-state index contributed by atoms with van der Waals surface area (Å²) in [5.41, 5.74) is 1.48. The SMILES string of the molecule is CN1CCOC(C(=O)N2CCN(S(C)(=O)=O)c3ccccc3C2)C1. The van der Waals surface area contributed by atoms with Crippen LogP contribution in [0.3, 0.4) is 0 Å². The molecule has 0 radical (unpaired) electrons. The molecule has 0 aromatic heterocycles. The molecule has 2 aliphatic rings. The lowest BCUT2D eigenvalue weighted by Gasteiger charge is -2.32. The molecule has 0 N–H and O–H groups in total. The van der Waals surface area contributed by atoms with Crippen molar-refractivity contribution in [2.45, 2.75) is 12.6 Å². The van der Waals surface area contributed by atoms with E-state index in [1.54, 1.807) is 11.0 Å². The number of rotatable bonds is 2. The second kappa shape index (κ2) is 6.70. The molecule has 1 fully saturated rings. The largest absolute Gasteiger partial charge is 0.366 e. The Morgan fingerprint density at radius 2 is 1.96 bits per heavy atom. The average Bonchev–Trinajstić information content (AvgIpc) is 2.73. The van der Waals surface area contributed by atoms with Crippen LogP contribution in [0.5, 0.6) is 0 Å². The van der Waals surface area contributed by atoms with Gasteiger partial charge in [-0.2, -0.15) is 0 Å². The highest BCUT2D eigenvalue weighted by atomic mass is 32.2. The minimum Gasteiger partial charge on any atom is -0.366 e. The van der Waals surface area contributed by atoms with Crippen LogP contribution in [-0.2, 0) is 26.1 Å². The van der Waals surface area contributed by atoms with Crippen LogP contribution in [0.1, 0.15) is 5.56 Å². The summed E-state index contributed by atoms with van der Waals surface area (Å²) in [6, 6.07) is 7.33.